The van der Waals surface area contributed by atoms with Crippen molar-refractivity contribution in [3.05, 3.63) is 41.6 Å². The molecule has 0 saturated heterocycles. The molecule has 0 aliphatic heterocycles. The molecule has 0 fully saturated rings. The summed E-state index contributed by atoms with van der Waals surface area (Å²) < 4.78 is 39.1. The van der Waals surface area contributed by atoms with Crippen LogP contribution in [0.5, 0.6) is 0 Å². The topological polar surface area (TPSA) is 90.5 Å². The van der Waals surface area contributed by atoms with Gasteiger partial charge in [0.05, 0.1) is 13.4 Å². The number of sulfonamides is 1. The minimum absolute atomic E-state index is 0.0618. The Bertz CT molecular complexity index is 790. The van der Waals surface area contributed by atoms with E-state index in [-0.39, 0.29) is 16.6 Å². The summed E-state index contributed by atoms with van der Waals surface area (Å²) in [5.74, 6) is 0.112. The lowest BCUT2D eigenvalue weighted by Gasteiger charge is -2.13. The molecule has 0 spiro atoms. The first kappa shape index (κ1) is 17.3. The van der Waals surface area contributed by atoms with Crippen molar-refractivity contribution < 1.29 is 22.4 Å². The second-order valence-corrected chi connectivity index (χ2v) is 7.02. The van der Waals surface area contributed by atoms with Gasteiger partial charge in [-0.25, -0.2) is 17.9 Å². The van der Waals surface area contributed by atoms with Crippen molar-refractivity contribution in [3.63, 3.8) is 0 Å². The lowest BCUT2D eigenvalue weighted by atomic mass is 10.2. The Hall–Kier alpha value is -2.06. The lowest BCUT2D eigenvalue weighted by molar-refractivity contribution is 0.0589. The first-order valence-corrected chi connectivity index (χ1v) is 8.54. The molecule has 0 aliphatic rings. The van der Waals surface area contributed by atoms with Crippen molar-refractivity contribution in [1.82, 2.24) is 9.29 Å². The minimum Gasteiger partial charge on any atom is -0.469 e. The highest BCUT2D eigenvalue weighted by atomic mass is 32.2. The first-order chi connectivity index (χ1) is 10.8. The first-order valence-electron chi connectivity index (χ1n) is 7.05. The number of hydrogen-bond acceptors (Lipinski definition) is 5. The summed E-state index contributed by atoms with van der Waals surface area (Å²) in [5.41, 5.74) is 0.646. The maximum atomic E-state index is 12.6. The summed E-state index contributed by atoms with van der Waals surface area (Å²) >= 11 is 0. The summed E-state index contributed by atoms with van der Waals surface area (Å²) in [4.78, 5) is 11.8. The van der Waals surface area contributed by atoms with Gasteiger partial charge in [0.25, 0.3) is 0 Å². The number of rotatable bonds is 6. The third kappa shape index (κ3) is 3.65. The van der Waals surface area contributed by atoms with Crippen LogP contribution in [0.3, 0.4) is 0 Å². The molecule has 0 radical (unpaired) electrons. The highest BCUT2D eigenvalue weighted by Crippen LogP contribution is 2.20. The van der Waals surface area contributed by atoms with Gasteiger partial charge >= 0.3 is 5.97 Å². The van der Waals surface area contributed by atoms with E-state index in [9.17, 15) is 13.2 Å². The Kier molecular flexibility index (Phi) is 4.96. The SMILES string of the molecule is COC(=O)c1cc(S(=O)(=O)N[C@@H](C)Cc2ccco2)c(C)n1C. The van der Waals surface area contributed by atoms with Crippen LogP contribution in [0.2, 0.25) is 0 Å². The van der Waals surface area contributed by atoms with Gasteiger partial charge in [-0.3, -0.25) is 0 Å². The van der Waals surface area contributed by atoms with Crippen molar-refractivity contribution in [3.8, 4) is 0 Å². The summed E-state index contributed by atoms with van der Waals surface area (Å²) in [6.45, 7) is 3.39. The molecule has 8 heteroatoms. The Balaban J connectivity index is 2.24. The minimum atomic E-state index is -3.76. The zero-order chi connectivity index (χ0) is 17.2. The van der Waals surface area contributed by atoms with Gasteiger partial charge in [0, 0.05) is 25.2 Å². The maximum Gasteiger partial charge on any atom is 0.354 e. The largest absolute Gasteiger partial charge is 0.469 e. The van der Waals surface area contributed by atoms with Crippen molar-refractivity contribution in [2.75, 3.05) is 7.11 Å². The molecule has 2 heterocycles. The van der Waals surface area contributed by atoms with Crippen molar-refractivity contribution in [1.29, 1.82) is 0 Å². The third-order valence-corrected chi connectivity index (χ3v) is 5.32. The van der Waals surface area contributed by atoms with E-state index in [1.807, 2.05) is 0 Å². The van der Waals surface area contributed by atoms with Crippen LogP contribution in [-0.2, 0) is 28.2 Å². The highest BCUT2D eigenvalue weighted by molar-refractivity contribution is 7.89. The molecule has 0 saturated carbocycles. The van der Waals surface area contributed by atoms with Crippen LogP contribution < -0.4 is 4.72 Å². The molecule has 126 valence electrons. The smallest absolute Gasteiger partial charge is 0.354 e. The molecule has 0 amide bonds. The fourth-order valence-corrected chi connectivity index (χ4v) is 3.88. The molecular formula is C15H20N2O5S. The standard InChI is InChI=1S/C15H20N2O5S/c1-10(8-12-6-5-7-22-12)16-23(19,20)14-9-13(15(18)21-4)17(3)11(14)2/h5-7,9-10,16H,8H2,1-4H3/t10-/m0/s1. The molecule has 7 nitrogen and oxygen atoms in total. The molecule has 2 rings (SSSR count). The summed E-state index contributed by atoms with van der Waals surface area (Å²) in [6, 6.07) is 4.50. The predicted octanol–water partition coefficient (Wildman–Crippen LogP) is 1.62. The van der Waals surface area contributed by atoms with Gasteiger partial charge in [-0.05, 0) is 32.0 Å². The Labute approximate surface area is 135 Å². The molecule has 2 aromatic rings. The quantitative estimate of drug-likeness (QED) is 0.807. The second-order valence-electron chi connectivity index (χ2n) is 5.34. The van der Waals surface area contributed by atoms with Gasteiger partial charge in [0.2, 0.25) is 10.0 Å². The molecule has 0 aromatic carbocycles. The summed E-state index contributed by atoms with van der Waals surface area (Å²) in [7, 11) is -0.887. The van der Waals surface area contributed by atoms with E-state index in [2.05, 4.69) is 9.46 Å². The van der Waals surface area contributed by atoms with Crippen LogP contribution in [0, 0.1) is 6.92 Å². The second kappa shape index (κ2) is 6.59. The van der Waals surface area contributed by atoms with Crippen LogP contribution in [0.15, 0.2) is 33.8 Å². The van der Waals surface area contributed by atoms with E-state index < -0.39 is 16.0 Å². The van der Waals surface area contributed by atoms with Crippen LogP contribution in [-0.4, -0.2) is 32.1 Å². The zero-order valence-electron chi connectivity index (χ0n) is 13.5. The number of carbonyl (C=O) groups is 1. The number of aromatic nitrogens is 1. The highest BCUT2D eigenvalue weighted by Gasteiger charge is 2.26. The van der Waals surface area contributed by atoms with Crippen LogP contribution in [0.4, 0.5) is 0 Å². The average molecular weight is 340 g/mol. The molecule has 0 unspecified atom stereocenters. The fourth-order valence-electron chi connectivity index (χ4n) is 2.34. The number of carbonyl (C=O) groups excluding carboxylic acids is 1. The van der Waals surface area contributed by atoms with E-state index in [1.165, 1.54) is 17.7 Å². The van der Waals surface area contributed by atoms with Gasteiger partial charge in [-0.1, -0.05) is 0 Å². The van der Waals surface area contributed by atoms with Gasteiger partial charge < -0.3 is 13.7 Å². The number of esters is 1. The maximum absolute atomic E-state index is 12.6. The normalized spacial score (nSPS) is 13.0. The third-order valence-electron chi connectivity index (χ3n) is 3.62. The fraction of sp³-hybridized carbons (Fsp3) is 0.400. The van der Waals surface area contributed by atoms with Crippen LogP contribution in [0.25, 0.3) is 0 Å². The lowest BCUT2D eigenvalue weighted by Crippen LogP contribution is -2.34. The molecular weight excluding hydrogens is 320 g/mol. The zero-order valence-corrected chi connectivity index (χ0v) is 14.3. The number of nitrogens with zero attached hydrogens (tertiary/aromatic N) is 1. The van der Waals surface area contributed by atoms with E-state index in [1.54, 1.807) is 39.3 Å². The van der Waals surface area contributed by atoms with Gasteiger partial charge in [-0.15, -0.1) is 0 Å². The van der Waals surface area contributed by atoms with Crippen LogP contribution in [0.1, 0.15) is 28.9 Å². The molecule has 1 N–H and O–H groups in total. The van der Waals surface area contributed by atoms with Gasteiger partial charge in [0.1, 0.15) is 16.3 Å². The monoisotopic (exact) mass is 340 g/mol. The number of methoxy groups -OCH3 is 1. The predicted molar refractivity (Wildman–Crippen MR) is 83.7 cm³/mol. The molecule has 23 heavy (non-hydrogen) atoms. The molecule has 0 aliphatic carbocycles. The Morgan fingerprint density at radius 2 is 2.17 bits per heavy atom. The molecule has 0 bridgehead atoms. The van der Waals surface area contributed by atoms with Crippen molar-refractivity contribution >= 4 is 16.0 Å². The van der Waals surface area contributed by atoms with E-state index >= 15 is 0 Å². The Morgan fingerprint density at radius 3 is 2.74 bits per heavy atom. The molecule has 2 aromatic heterocycles. The van der Waals surface area contributed by atoms with Crippen molar-refractivity contribution in [2.24, 2.45) is 7.05 Å². The number of ether oxygens (including phenoxy) is 1. The van der Waals surface area contributed by atoms with Crippen molar-refractivity contribution in [2.45, 2.75) is 31.2 Å². The van der Waals surface area contributed by atoms with Gasteiger partial charge in [0.15, 0.2) is 0 Å². The molecule has 1 atom stereocenters. The average Bonchev–Trinajstić information content (AvgIpc) is 3.07. The summed E-state index contributed by atoms with van der Waals surface area (Å²) in [5, 5.41) is 0. The van der Waals surface area contributed by atoms with Gasteiger partial charge in [-0.2, -0.15) is 0 Å². The van der Waals surface area contributed by atoms with E-state index in [0.29, 0.717) is 17.9 Å². The number of furan rings is 1. The Morgan fingerprint density at radius 1 is 1.48 bits per heavy atom. The van der Waals surface area contributed by atoms with E-state index in [0.717, 1.165) is 0 Å². The van der Waals surface area contributed by atoms with E-state index in [4.69, 9.17) is 4.42 Å². The van der Waals surface area contributed by atoms with Crippen LogP contribution >= 0.6 is 0 Å². The number of hydrogen-bond donors (Lipinski definition) is 1. The summed E-state index contributed by atoms with van der Waals surface area (Å²) in [6.07, 6.45) is 1.97. The number of nitrogens with one attached hydrogen (secondary N) is 1.